The number of allylic oxidation sites excluding steroid dienone is 2. The average molecular weight is 511 g/mol. The number of H-pyrrole nitrogens is 1. The summed E-state index contributed by atoms with van der Waals surface area (Å²) in [5.41, 5.74) is 5.57. The number of benzene rings is 2. The van der Waals surface area contributed by atoms with Crippen molar-refractivity contribution in [1.29, 1.82) is 0 Å². The van der Waals surface area contributed by atoms with Gasteiger partial charge in [-0.15, -0.1) is 0 Å². The number of pyridine rings is 2. The molecule has 0 spiro atoms. The zero-order valence-corrected chi connectivity index (χ0v) is 21.2. The van der Waals surface area contributed by atoms with Gasteiger partial charge in [0.05, 0.1) is 16.8 Å². The normalized spacial score (nSPS) is 15.1. The maximum atomic E-state index is 14.3. The molecule has 7 heteroatoms. The summed E-state index contributed by atoms with van der Waals surface area (Å²) in [7, 11) is 0. The molecule has 0 saturated heterocycles. The summed E-state index contributed by atoms with van der Waals surface area (Å²) in [4.78, 5) is 26.8. The lowest BCUT2D eigenvalue weighted by Gasteiger charge is -2.19. The average Bonchev–Trinajstić information content (AvgIpc) is 3.38. The van der Waals surface area contributed by atoms with Gasteiger partial charge >= 0.3 is 0 Å². The number of nitrogens with zero attached hydrogens (tertiary/aromatic N) is 4. The van der Waals surface area contributed by atoms with Crippen LogP contribution in [-0.4, -0.2) is 24.6 Å². The molecule has 190 valence electrons. The first-order valence-corrected chi connectivity index (χ1v) is 13.2. The number of aromatic nitrogens is 5. The Hall–Kier alpha value is -5.04. The lowest BCUT2D eigenvalue weighted by molar-refractivity contribution is 0.621. The van der Waals surface area contributed by atoms with E-state index >= 15 is 0 Å². The van der Waals surface area contributed by atoms with Crippen molar-refractivity contribution in [3.05, 3.63) is 119 Å². The maximum Gasteiger partial charge on any atom is 0.284 e. The van der Waals surface area contributed by atoms with Gasteiger partial charge in [-0.2, -0.15) is 9.61 Å². The lowest BCUT2D eigenvalue weighted by atomic mass is 9.86. The van der Waals surface area contributed by atoms with Crippen molar-refractivity contribution in [3.8, 4) is 22.4 Å². The standard InChI is InChI=1S/C32H26N6O/c39-32-28(24-16-17-25-23(20-24)14-9-19-33-25)30(35-26-15-7-8-18-34-26)36-31-27(21-10-3-1-4-11-21)29(37-38(31)32)22-12-5-2-6-13-22/h1-3,5-9,12-21,36H,4,10-11H2,(H,34,35). The molecule has 0 aliphatic heterocycles. The van der Waals surface area contributed by atoms with E-state index in [9.17, 15) is 4.79 Å². The Morgan fingerprint density at radius 1 is 0.872 bits per heavy atom. The second-order valence-electron chi connectivity index (χ2n) is 9.80. The van der Waals surface area contributed by atoms with Gasteiger partial charge in [-0.3, -0.25) is 9.78 Å². The van der Waals surface area contributed by atoms with Crippen LogP contribution >= 0.6 is 0 Å². The minimum Gasteiger partial charge on any atom is -0.326 e. The Kier molecular flexibility index (Phi) is 5.74. The molecule has 2 aromatic carbocycles. The first-order chi connectivity index (χ1) is 19.3. The largest absolute Gasteiger partial charge is 0.326 e. The molecule has 4 aromatic heterocycles. The Morgan fingerprint density at radius 3 is 2.56 bits per heavy atom. The van der Waals surface area contributed by atoms with Gasteiger partial charge in [-0.25, -0.2) is 4.98 Å². The number of nitrogens with one attached hydrogen (secondary N) is 2. The molecule has 0 saturated carbocycles. The molecule has 7 nitrogen and oxygen atoms in total. The quantitative estimate of drug-likeness (QED) is 0.247. The number of hydrogen-bond acceptors (Lipinski definition) is 5. The number of hydrogen-bond donors (Lipinski definition) is 2. The van der Waals surface area contributed by atoms with Crippen LogP contribution in [0.25, 0.3) is 38.9 Å². The van der Waals surface area contributed by atoms with E-state index in [0.29, 0.717) is 22.8 Å². The fraction of sp³-hybridized carbons (Fsp3) is 0.125. The monoisotopic (exact) mass is 510 g/mol. The van der Waals surface area contributed by atoms with E-state index in [4.69, 9.17) is 5.10 Å². The number of fused-ring (bicyclic) bond motifs is 2. The molecule has 0 bridgehead atoms. The first kappa shape index (κ1) is 23.1. The van der Waals surface area contributed by atoms with Crippen molar-refractivity contribution < 1.29 is 0 Å². The molecule has 39 heavy (non-hydrogen) atoms. The Labute approximate surface area is 224 Å². The van der Waals surface area contributed by atoms with Crippen molar-refractivity contribution >= 4 is 28.2 Å². The molecule has 0 amide bonds. The van der Waals surface area contributed by atoms with Gasteiger partial charge in [-0.1, -0.05) is 60.7 Å². The van der Waals surface area contributed by atoms with Crippen LogP contribution in [0, 0.1) is 0 Å². The number of aromatic amines is 1. The smallest absolute Gasteiger partial charge is 0.284 e. The summed E-state index contributed by atoms with van der Waals surface area (Å²) in [6.07, 6.45) is 10.9. The summed E-state index contributed by atoms with van der Waals surface area (Å²) < 4.78 is 1.54. The van der Waals surface area contributed by atoms with Crippen molar-refractivity contribution in [3.63, 3.8) is 0 Å². The highest BCUT2D eigenvalue weighted by molar-refractivity contribution is 5.88. The SMILES string of the molecule is O=c1c(-c2ccc3ncccc3c2)c(Nc2ccccn2)[nH]c2c(C3CC=CCC3)c(-c3ccccc3)nn12. The molecule has 1 unspecified atom stereocenters. The van der Waals surface area contributed by atoms with E-state index in [1.165, 1.54) is 0 Å². The van der Waals surface area contributed by atoms with Crippen LogP contribution in [-0.2, 0) is 0 Å². The van der Waals surface area contributed by atoms with Crippen LogP contribution in [0.15, 0.2) is 108 Å². The van der Waals surface area contributed by atoms with Crippen LogP contribution in [0.4, 0.5) is 11.6 Å². The minimum absolute atomic E-state index is 0.194. The van der Waals surface area contributed by atoms with Crippen molar-refractivity contribution in [2.75, 3.05) is 5.32 Å². The molecule has 1 aliphatic rings. The minimum atomic E-state index is -0.194. The molecule has 0 radical (unpaired) electrons. The predicted molar refractivity (Wildman–Crippen MR) is 155 cm³/mol. The molecule has 1 atom stereocenters. The Morgan fingerprint density at radius 2 is 1.74 bits per heavy atom. The summed E-state index contributed by atoms with van der Waals surface area (Å²) in [5.74, 6) is 1.48. The van der Waals surface area contributed by atoms with Gasteiger partial charge in [0.2, 0.25) is 0 Å². The van der Waals surface area contributed by atoms with Crippen LogP contribution in [0.1, 0.15) is 30.7 Å². The van der Waals surface area contributed by atoms with Crippen molar-refractivity contribution in [1.82, 2.24) is 24.6 Å². The third-order valence-electron chi connectivity index (χ3n) is 7.36. The fourth-order valence-electron chi connectivity index (χ4n) is 5.50. The molecule has 4 heterocycles. The number of rotatable bonds is 5. The molecular weight excluding hydrogens is 484 g/mol. The lowest BCUT2D eigenvalue weighted by Crippen LogP contribution is -2.20. The predicted octanol–water partition coefficient (Wildman–Crippen LogP) is 6.87. The van der Waals surface area contributed by atoms with E-state index in [0.717, 1.165) is 52.5 Å². The number of anilines is 2. The van der Waals surface area contributed by atoms with Crippen LogP contribution in [0.5, 0.6) is 0 Å². The molecule has 2 N–H and O–H groups in total. The van der Waals surface area contributed by atoms with Gasteiger partial charge in [0.25, 0.3) is 5.56 Å². The third-order valence-corrected chi connectivity index (χ3v) is 7.36. The second kappa shape index (κ2) is 9.68. The first-order valence-electron chi connectivity index (χ1n) is 13.2. The Balaban J connectivity index is 1.52. The summed E-state index contributed by atoms with van der Waals surface area (Å²) in [5, 5.41) is 9.30. The van der Waals surface area contributed by atoms with E-state index < -0.39 is 0 Å². The van der Waals surface area contributed by atoms with Crippen LogP contribution in [0.3, 0.4) is 0 Å². The zero-order chi connectivity index (χ0) is 26.2. The summed E-state index contributed by atoms with van der Waals surface area (Å²) in [6, 6.07) is 25.6. The van der Waals surface area contributed by atoms with Crippen LogP contribution in [0.2, 0.25) is 0 Å². The molecule has 6 aromatic rings. The highest BCUT2D eigenvalue weighted by atomic mass is 16.1. The third kappa shape index (κ3) is 4.18. The van der Waals surface area contributed by atoms with Gasteiger partial charge in [0.15, 0.2) is 0 Å². The highest BCUT2D eigenvalue weighted by Crippen LogP contribution is 2.39. The van der Waals surface area contributed by atoms with Crippen molar-refractivity contribution in [2.45, 2.75) is 25.2 Å². The second-order valence-corrected chi connectivity index (χ2v) is 9.80. The summed E-state index contributed by atoms with van der Waals surface area (Å²) in [6.45, 7) is 0. The molecular formula is C32H26N6O. The zero-order valence-electron chi connectivity index (χ0n) is 21.2. The van der Waals surface area contributed by atoms with Gasteiger partial charge in [-0.05, 0) is 61.1 Å². The maximum absolute atomic E-state index is 14.3. The Bertz CT molecular complexity index is 1890. The van der Waals surface area contributed by atoms with E-state index in [1.54, 1.807) is 16.9 Å². The molecule has 0 fully saturated rings. The van der Waals surface area contributed by atoms with E-state index in [1.807, 2.05) is 66.7 Å². The summed E-state index contributed by atoms with van der Waals surface area (Å²) >= 11 is 0. The molecule has 1 aliphatic carbocycles. The molecule has 7 rings (SSSR count). The highest BCUT2D eigenvalue weighted by Gasteiger charge is 2.27. The van der Waals surface area contributed by atoms with Crippen molar-refractivity contribution in [2.24, 2.45) is 0 Å². The van der Waals surface area contributed by atoms with Gasteiger partial charge in [0, 0.05) is 28.9 Å². The van der Waals surface area contributed by atoms with E-state index in [-0.39, 0.29) is 11.5 Å². The van der Waals surface area contributed by atoms with E-state index in [2.05, 4.69) is 44.6 Å². The van der Waals surface area contributed by atoms with Gasteiger partial charge in [0.1, 0.15) is 17.3 Å². The fourth-order valence-corrected chi connectivity index (χ4v) is 5.50. The van der Waals surface area contributed by atoms with Crippen LogP contribution < -0.4 is 10.9 Å². The topological polar surface area (TPSA) is 88.0 Å². The van der Waals surface area contributed by atoms with Gasteiger partial charge < -0.3 is 10.3 Å².